The molecule has 6 heteroatoms. The lowest BCUT2D eigenvalue weighted by Crippen LogP contribution is -2.39. The van der Waals surface area contributed by atoms with Crippen LogP contribution in [0, 0.1) is 0 Å². The van der Waals surface area contributed by atoms with Gasteiger partial charge in [0.2, 0.25) is 0 Å². The number of pyridine rings is 1. The number of amides is 1. The fraction of sp³-hybridized carbons (Fsp3) is 0.300. The average molecular weight is 238 g/mol. The molecule has 1 aromatic heterocycles. The minimum atomic E-state index is -0.972. The summed E-state index contributed by atoms with van der Waals surface area (Å²) in [7, 11) is 0. The zero-order chi connectivity index (χ0) is 11.5. The molecule has 5 nitrogen and oxygen atoms in total. The highest BCUT2D eigenvalue weighted by molar-refractivity contribution is 8.00. The van der Waals surface area contributed by atoms with Gasteiger partial charge in [-0.3, -0.25) is 9.78 Å². The van der Waals surface area contributed by atoms with E-state index in [1.165, 1.54) is 22.9 Å². The van der Waals surface area contributed by atoms with Gasteiger partial charge in [0.05, 0.1) is 5.56 Å². The van der Waals surface area contributed by atoms with Crippen molar-refractivity contribution < 1.29 is 14.7 Å². The first-order valence-corrected chi connectivity index (χ1v) is 5.80. The number of aliphatic carboxylic acids is 1. The number of aromatic nitrogens is 1. The number of hydrogen-bond donors (Lipinski definition) is 1. The summed E-state index contributed by atoms with van der Waals surface area (Å²) in [5.41, 5.74) is 0.427. The summed E-state index contributed by atoms with van der Waals surface area (Å²) in [6.07, 6.45) is 3.02. The van der Waals surface area contributed by atoms with Crippen molar-refractivity contribution in [3.05, 3.63) is 30.1 Å². The lowest BCUT2D eigenvalue weighted by molar-refractivity contribution is -0.138. The molecule has 0 spiro atoms. The monoisotopic (exact) mass is 238 g/mol. The topological polar surface area (TPSA) is 70.5 Å². The Morgan fingerprint density at radius 1 is 1.56 bits per heavy atom. The van der Waals surface area contributed by atoms with E-state index in [0.717, 1.165) is 0 Å². The summed E-state index contributed by atoms with van der Waals surface area (Å²) in [5, 5.41) is 8.18. The number of carboxylic acid groups (broad SMARTS) is 1. The summed E-state index contributed by atoms with van der Waals surface area (Å²) in [4.78, 5) is 28.1. The van der Waals surface area contributed by atoms with Crippen LogP contribution in [0.25, 0.3) is 0 Å². The van der Waals surface area contributed by atoms with Crippen molar-refractivity contribution >= 4 is 23.6 Å². The van der Waals surface area contributed by atoms with Gasteiger partial charge in [0.15, 0.2) is 5.37 Å². The van der Waals surface area contributed by atoms with E-state index in [-0.39, 0.29) is 5.91 Å². The van der Waals surface area contributed by atoms with Gasteiger partial charge in [-0.1, -0.05) is 0 Å². The van der Waals surface area contributed by atoms with Gasteiger partial charge < -0.3 is 10.0 Å². The molecule has 1 fully saturated rings. The van der Waals surface area contributed by atoms with Gasteiger partial charge in [0.1, 0.15) is 0 Å². The van der Waals surface area contributed by atoms with E-state index in [1.54, 1.807) is 18.3 Å². The Labute approximate surface area is 96.5 Å². The first-order valence-electron chi connectivity index (χ1n) is 4.75. The molecule has 84 valence electrons. The van der Waals surface area contributed by atoms with Crippen molar-refractivity contribution in [2.45, 2.75) is 5.37 Å². The third-order valence-electron chi connectivity index (χ3n) is 2.27. The maximum atomic E-state index is 12.0. The Bertz CT molecular complexity index is 410. The van der Waals surface area contributed by atoms with Crippen molar-refractivity contribution in [2.75, 3.05) is 12.3 Å². The van der Waals surface area contributed by atoms with Crippen LogP contribution in [0.4, 0.5) is 0 Å². The van der Waals surface area contributed by atoms with Crippen LogP contribution in [0.15, 0.2) is 24.5 Å². The van der Waals surface area contributed by atoms with Gasteiger partial charge in [-0.25, -0.2) is 4.79 Å². The van der Waals surface area contributed by atoms with Gasteiger partial charge in [-0.05, 0) is 12.1 Å². The Kier molecular flexibility index (Phi) is 3.09. The number of carbonyl (C=O) groups excluding carboxylic acids is 1. The fourth-order valence-corrected chi connectivity index (χ4v) is 2.59. The quantitative estimate of drug-likeness (QED) is 0.820. The minimum absolute atomic E-state index is 0.273. The second kappa shape index (κ2) is 4.52. The van der Waals surface area contributed by atoms with Crippen LogP contribution in [0.3, 0.4) is 0 Å². The summed E-state index contributed by atoms with van der Waals surface area (Å²) in [6.45, 7) is 0.468. The van der Waals surface area contributed by atoms with Crippen molar-refractivity contribution in [3.63, 3.8) is 0 Å². The van der Waals surface area contributed by atoms with Crippen molar-refractivity contribution in [3.8, 4) is 0 Å². The first kappa shape index (κ1) is 10.9. The molecule has 1 amide bonds. The van der Waals surface area contributed by atoms with E-state index in [1.807, 2.05) is 0 Å². The number of thioether (sulfide) groups is 1. The lowest BCUT2D eigenvalue weighted by Gasteiger charge is -2.20. The van der Waals surface area contributed by atoms with Gasteiger partial charge in [-0.15, -0.1) is 11.8 Å². The smallest absolute Gasteiger partial charge is 0.337 e. The highest BCUT2D eigenvalue weighted by Gasteiger charge is 2.35. The van der Waals surface area contributed by atoms with Gasteiger partial charge in [0.25, 0.3) is 5.91 Å². The minimum Gasteiger partial charge on any atom is -0.479 e. The second-order valence-corrected chi connectivity index (χ2v) is 4.49. The van der Waals surface area contributed by atoms with Crippen LogP contribution in [-0.4, -0.2) is 44.5 Å². The summed E-state index contributed by atoms with van der Waals surface area (Å²) < 4.78 is 0. The fourth-order valence-electron chi connectivity index (χ4n) is 1.54. The van der Waals surface area contributed by atoms with E-state index in [0.29, 0.717) is 17.9 Å². The zero-order valence-corrected chi connectivity index (χ0v) is 9.18. The number of carbonyl (C=O) groups is 2. The average Bonchev–Trinajstić information content (AvgIpc) is 2.78. The molecular weight excluding hydrogens is 228 g/mol. The molecule has 2 rings (SSSR count). The molecule has 1 aliphatic heterocycles. The molecular formula is C10H10N2O3S. The molecule has 1 unspecified atom stereocenters. The van der Waals surface area contributed by atoms with E-state index in [4.69, 9.17) is 5.11 Å². The van der Waals surface area contributed by atoms with Gasteiger partial charge in [-0.2, -0.15) is 0 Å². The Morgan fingerprint density at radius 3 is 3.00 bits per heavy atom. The predicted molar refractivity (Wildman–Crippen MR) is 59.2 cm³/mol. The van der Waals surface area contributed by atoms with E-state index < -0.39 is 11.3 Å². The standard InChI is InChI=1S/C10H10N2O3S/c13-8(7-2-1-3-11-6-7)12-4-5-16-9(12)10(14)15/h1-3,6,9H,4-5H2,(H,14,15). The maximum absolute atomic E-state index is 12.0. The maximum Gasteiger partial charge on any atom is 0.337 e. The molecule has 0 aliphatic carbocycles. The summed E-state index contributed by atoms with van der Waals surface area (Å²) in [6, 6.07) is 3.30. The number of hydrogen-bond acceptors (Lipinski definition) is 4. The van der Waals surface area contributed by atoms with Crippen LogP contribution in [0.5, 0.6) is 0 Å². The molecule has 1 saturated heterocycles. The largest absolute Gasteiger partial charge is 0.479 e. The van der Waals surface area contributed by atoms with E-state index in [2.05, 4.69) is 4.98 Å². The SMILES string of the molecule is O=C(O)C1SCCN1C(=O)c1cccnc1. The molecule has 1 N–H and O–H groups in total. The van der Waals surface area contributed by atoms with Gasteiger partial charge in [0, 0.05) is 24.7 Å². The Hall–Kier alpha value is -1.56. The summed E-state index contributed by atoms with van der Waals surface area (Å²) in [5.74, 6) is -0.589. The molecule has 2 heterocycles. The zero-order valence-electron chi connectivity index (χ0n) is 8.37. The molecule has 0 bridgehead atoms. The van der Waals surface area contributed by atoms with Gasteiger partial charge >= 0.3 is 5.97 Å². The highest BCUT2D eigenvalue weighted by atomic mass is 32.2. The van der Waals surface area contributed by atoms with Crippen molar-refractivity contribution in [1.29, 1.82) is 0 Å². The normalized spacial score (nSPS) is 19.8. The predicted octanol–water partition coefficient (Wildman–Crippen LogP) is 0.681. The molecule has 0 aromatic carbocycles. The van der Waals surface area contributed by atoms with E-state index in [9.17, 15) is 9.59 Å². The third kappa shape index (κ3) is 2.01. The number of nitrogens with zero attached hydrogens (tertiary/aromatic N) is 2. The molecule has 16 heavy (non-hydrogen) atoms. The summed E-state index contributed by atoms with van der Waals surface area (Å²) >= 11 is 1.27. The number of rotatable bonds is 2. The Balaban J connectivity index is 2.19. The molecule has 1 aromatic rings. The van der Waals surface area contributed by atoms with Crippen LogP contribution >= 0.6 is 11.8 Å². The second-order valence-electron chi connectivity index (χ2n) is 3.30. The Morgan fingerprint density at radius 2 is 2.38 bits per heavy atom. The first-order chi connectivity index (χ1) is 7.70. The van der Waals surface area contributed by atoms with Crippen LogP contribution in [0.1, 0.15) is 10.4 Å². The molecule has 0 saturated carbocycles. The highest BCUT2D eigenvalue weighted by Crippen LogP contribution is 2.25. The molecule has 1 aliphatic rings. The lowest BCUT2D eigenvalue weighted by atomic mass is 10.2. The van der Waals surface area contributed by atoms with Crippen LogP contribution in [-0.2, 0) is 4.79 Å². The van der Waals surface area contributed by atoms with Crippen molar-refractivity contribution in [2.24, 2.45) is 0 Å². The van der Waals surface area contributed by atoms with Crippen LogP contribution in [0.2, 0.25) is 0 Å². The third-order valence-corrected chi connectivity index (χ3v) is 3.46. The van der Waals surface area contributed by atoms with Crippen LogP contribution < -0.4 is 0 Å². The molecule has 0 radical (unpaired) electrons. The van der Waals surface area contributed by atoms with Crippen molar-refractivity contribution in [1.82, 2.24) is 9.88 Å². The molecule has 1 atom stereocenters. The number of carboxylic acids is 1. The van der Waals surface area contributed by atoms with E-state index >= 15 is 0 Å².